The van der Waals surface area contributed by atoms with Crippen molar-refractivity contribution in [2.45, 2.75) is 44.2 Å². The van der Waals surface area contributed by atoms with Crippen molar-refractivity contribution in [2.24, 2.45) is 0 Å². The third-order valence-corrected chi connectivity index (χ3v) is 5.68. The molecule has 144 valence electrons. The van der Waals surface area contributed by atoms with Gasteiger partial charge in [-0.3, -0.25) is 14.7 Å². The van der Waals surface area contributed by atoms with E-state index in [0.717, 1.165) is 64.3 Å². The predicted molar refractivity (Wildman–Crippen MR) is 102 cm³/mol. The van der Waals surface area contributed by atoms with Gasteiger partial charge in [0.15, 0.2) is 0 Å². The van der Waals surface area contributed by atoms with Gasteiger partial charge in [0.1, 0.15) is 0 Å². The zero-order valence-electron chi connectivity index (χ0n) is 16.1. The highest BCUT2D eigenvalue weighted by Gasteiger charge is 2.36. The third-order valence-electron chi connectivity index (χ3n) is 5.68. The molecule has 0 aliphatic carbocycles. The van der Waals surface area contributed by atoms with Crippen LogP contribution < -0.4 is 5.32 Å². The largest absolute Gasteiger partial charge is 0.375 e. The Balaban J connectivity index is 1.62. The van der Waals surface area contributed by atoms with Crippen LogP contribution in [0.5, 0.6) is 0 Å². The molecule has 3 rings (SSSR count). The zero-order chi connectivity index (χ0) is 18.4. The monoisotopic (exact) mass is 360 g/mol. The van der Waals surface area contributed by atoms with E-state index in [2.05, 4.69) is 40.1 Å². The van der Waals surface area contributed by atoms with Crippen LogP contribution >= 0.6 is 0 Å². The van der Waals surface area contributed by atoms with Crippen molar-refractivity contribution < 1.29 is 9.53 Å². The fourth-order valence-electron chi connectivity index (χ4n) is 3.99. The summed E-state index contributed by atoms with van der Waals surface area (Å²) in [5.74, 6) is 0.105. The number of hydrogen-bond acceptors (Lipinski definition) is 5. The summed E-state index contributed by atoms with van der Waals surface area (Å²) < 4.78 is 5.82. The maximum Gasteiger partial charge on any atom is 0.223 e. The van der Waals surface area contributed by atoms with Crippen molar-refractivity contribution in [3.8, 4) is 0 Å². The molecule has 1 atom stereocenters. The van der Waals surface area contributed by atoms with Crippen molar-refractivity contribution in [3.05, 3.63) is 30.1 Å². The third kappa shape index (κ3) is 5.25. The van der Waals surface area contributed by atoms with Crippen LogP contribution in [-0.2, 0) is 16.0 Å². The van der Waals surface area contributed by atoms with Gasteiger partial charge in [-0.1, -0.05) is 13.0 Å². The minimum atomic E-state index is -0.197. The number of pyridine rings is 1. The molecule has 26 heavy (non-hydrogen) atoms. The van der Waals surface area contributed by atoms with Crippen molar-refractivity contribution in [3.63, 3.8) is 0 Å². The second-order valence-electron chi connectivity index (χ2n) is 7.72. The van der Waals surface area contributed by atoms with E-state index < -0.39 is 0 Å². The molecule has 1 amide bonds. The smallest absolute Gasteiger partial charge is 0.223 e. The number of ether oxygens (including phenoxy) is 1. The van der Waals surface area contributed by atoms with Crippen LogP contribution in [0.15, 0.2) is 24.4 Å². The lowest BCUT2D eigenvalue weighted by Gasteiger charge is -2.42. The molecule has 3 heterocycles. The summed E-state index contributed by atoms with van der Waals surface area (Å²) in [6, 6.07) is 6.00. The van der Waals surface area contributed by atoms with Gasteiger partial charge >= 0.3 is 0 Å². The Kier molecular flexibility index (Phi) is 6.62. The number of morpholine rings is 1. The lowest BCUT2D eigenvalue weighted by Crippen LogP contribution is -2.57. The fourth-order valence-corrected chi connectivity index (χ4v) is 3.99. The van der Waals surface area contributed by atoms with Crippen LogP contribution in [0, 0.1) is 0 Å². The second-order valence-corrected chi connectivity index (χ2v) is 7.72. The number of amides is 1. The predicted octanol–water partition coefficient (Wildman–Crippen LogP) is 1.32. The van der Waals surface area contributed by atoms with Gasteiger partial charge < -0.3 is 15.0 Å². The van der Waals surface area contributed by atoms with Gasteiger partial charge in [0.05, 0.1) is 19.1 Å². The SMILES string of the molecule is CCN1CCOC(CC(=O)NC2(Cc3ccccn3)CCN(C)CC2)C1. The average Bonchev–Trinajstić information content (AvgIpc) is 2.65. The van der Waals surface area contributed by atoms with E-state index >= 15 is 0 Å². The molecular weight excluding hydrogens is 328 g/mol. The number of carbonyl (C=O) groups excluding carboxylic acids is 1. The van der Waals surface area contributed by atoms with Gasteiger partial charge in [-0.15, -0.1) is 0 Å². The summed E-state index contributed by atoms with van der Waals surface area (Å²) in [4.78, 5) is 22.0. The molecule has 6 heteroatoms. The van der Waals surface area contributed by atoms with E-state index in [9.17, 15) is 4.79 Å². The summed E-state index contributed by atoms with van der Waals surface area (Å²) in [6.07, 6.45) is 4.98. The highest BCUT2D eigenvalue weighted by Crippen LogP contribution is 2.26. The molecule has 0 radical (unpaired) electrons. The number of nitrogens with one attached hydrogen (secondary N) is 1. The van der Waals surface area contributed by atoms with Gasteiger partial charge in [0.25, 0.3) is 0 Å². The van der Waals surface area contributed by atoms with Crippen LogP contribution in [0.1, 0.15) is 31.9 Å². The Labute approximate surface area is 156 Å². The molecule has 1 unspecified atom stereocenters. The Bertz CT molecular complexity index is 572. The second kappa shape index (κ2) is 8.93. The highest BCUT2D eigenvalue weighted by atomic mass is 16.5. The minimum Gasteiger partial charge on any atom is -0.375 e. The maximum atomic E-state index is 12.8. The first-order valence-corrected chi connectivity index (χ1v) is 9.82. The molecule has 1 aromatic rings. The number of rotatable bonds is 6. The molecule has 2 saturated heterocycles. The summed E-state index contributed by atoms with van der Waals surface area (Å²) >= 11 is 0. The zero-order valence-corrected chi connectivity index (χ0v) is 16.1. The molecule has 1 aromatic heterocycles. The number of hydrogen-bond donors (Lipinski definition) is 1. The first-order valence-electron chi connectivity index (χ1n) is 9.82. The normalized spacial score (nSPS) is 24.3. The van der Waals surface area contributed by atoms with Gasteiger partial charge in [0.2, 0.25) is 5.91 Å². The van der Waals surface area contributed by atoms with E-state index in [1.54, 1.807) is 0 Å². The van der Waals surface area contributed by atoms with Gasteiger partial charge in [-0.25, -0.2) is 0 Å². The number of carbonyl (C=O) groups is 1. The van der Waals surface area contributed by atoms with Crippen LogP contribution in [0.25, 0.3) is 0 Å². The van der Waals surface area contributed by atoms with Crippen LogP contribution in [-0.4, -0.2) is 78.7 Å². The standard InChI is InChI=1S/C20H32N4O2/c1-3-24-12-13-26-18(16-24)14-19(25)22-20(7-10-23(2)11-8-20)15-17-6-4-5-9-21-17/h4-6,9,18H,3,7-8,10-16H2,1-2H3,(H,22,25). The van der Waals surface area contributed by atoms with Crippen molar-refractivity contribution >= 4 is 5.91 Å². The van der Waals surface area contributed by atoms with E-state index in [1.165, 1.54) is 0 Å². The van der Waals surface area contributed by atoms with Crippen molar-refractivity contribution in [2.75, 3.05) is 46.4 Å². The number of aromatic nitrogens is 1. The fraction of sp³-hybridized carbons (Fsp3) is 0.700. The molecular formula is C20H32N4O2. The van der Waals surface area contributed by atoms with E-state index in [1.807, 2.05) is 18.3 Å². The first kappa shape index (κ1) is 19.3. The number of likely N-dealkylation sites (N-methyl/N-ethyl adjacent to an activating group) is 1. The first-order chi connectivity index (χ1) is 12.6. The Hall–Kier alpha value is -1.50. The number of likely N-dealkylation sites (tertiary alicyclic amines) is 1. The molecule has 0 spiro atoms. The van der Waals surface area contributed by atoms with Gasteiger partial charge in [0, 0.05) is 50.0 Å². The van der Waals surface area contributed by atoms with E-state index in [-0.39, 0.29) is 17.6 Å². The Morgan fingerprint density at radius 3 is 2.85 bits per heavy atom. The van der Waals surface area contributed by atoms with Crippen LogP contribution in [0.4, 0.5) is 0 Å². The Morgan fingerprint density at radius 1 is 1.35 bits per heavy atom. The summed E-state index contributed by atoms with van der Waals surface area (Å²) in [7, 11) is 2.14. The van der Waals surface area contributed by atoms with E-state index in [0.29, 0.717) is 6.42 Å². The number of nitrogens with zero attached hydrogens (tertiary/aromatic N) is 3. The lowest BCUT2D eigenvalue weighted by molar-refractivity contribution is -0.128. The lowest BCUT2D eigenvalue weighted by atomic mass is 9.83. The minimum absolute atomic E-state index is 0.00173. The molecule has 0 aromatic carbocycles. The summed E-state index contributed by atoms with van der Waals surface area (Å²) in [6.45, 7) is 7.69. The molecule has 1 N–H and O–H groups in total. The van der Waals surface area contributed by atoms with Gasteiger partial charge in [-0.2, -0.15) is 0 Å². The molecule has 6 nitrogen and oxygen atoms in total. The molecule has 2 fully saturated rings. The molecule has 2 aliphatic rings. The molecule has 0 bridgehead atoms. The van der Waals surface area contributed by atoms with Crippen LogP contribution in [0.3, 0.4) is 0 Å². The number of piperidine rings is 1. The maximum absolute atomic E-state index is 12.8. The van der Waals surface area contributed by atoms with Gasteiger partial charge in [-0.05, 0) is 38.6 Å². The quantitative estimate of drug-likeness (QED) is 0.829. The average molecular weight is 361 g/mol. The summed E-state index contributed by atoms with van der Waals surface area (Å²) in [5.41, 5.74) is 0.847. The van der Waals surface area contributed by atoms with Crippen LogP contribution in [0.2, 0.25) is 0 Å². The highest BCUT2D eigenvalue weighted by molar-refractivity contribution is 5.77. The van der Waals surface area contributed by atoms with Crippen molar-refractivity contribution in [1.82, 2.24) is 20.1 Å². The summed E-state index contributed by atoms with van der Waals surface area (Å²) in [5, 5.41) is 3.38. The van der Waals surface area contributed by atoms with Crippen molar-refractivity contribution in [1.29, 1.82) is 0 Å². The van der Waals surface area contributed by atoms with E-state index in [4.69, 9.17) is 4.74 Å². The molecule has 0 saturated carbocycles. The Morgan fingerprint density at radius 2 is 2.15 bits per heavy atom. The topological polar surface area (TPSA) is 57.7 Å². The molecule has 2 aliphatic heterocycles.